The summed E-state index contributed by atoms with van der Waals surface area (Å²) in [5.74, 6) is 0. The van der Waals surface area contributed by atoms with Crippen molar-refractivity contribution in [3.63, 3.8) is 0 Å². The minimum absolute atomic E-state index is 0.107. The molecule has 0 saturated carbocycles. The van der Waals surface area contributed by atoms with Crippen LogP contribution in [0.3, 0.4) is 0 Å². The van der Waals surface area contributed by atoms with Crippen LogP contribution in [0.4, 0.5) is 0 Å². The third-order valence-electron chi connectivity index (χ3n) is 2.19. The molecule has 76 valence electrons. The molecule has 3 nitrogen and oxygen atoms in total. The van der Waals surface area contributed by atoms with Crippen LogP contribution in [-0.4, -0.2) is 33.0 Å². The summed E-state index contributed by atoms with van der Waals surface area (Å²) in [5, 5.41) is 0. The Morgan fingerprint density at radius 2 is 1.85 bits per heavy atom. The zero-order valence-corrected chi connectivity index (χ0v) is 9.07. The van der Waals surface area contributed by atoms with Gasteiger partial charge in [0.05, 0.1) is 4.91 Å². The maximum absolute atomic E-state index is 10.8. The van der Waals surface area contributed by atoms with Gasteiger partial charge in [0.15, 0.2) is 0 Å². The maximum atomic E-state index is 10.8. The van der Waals surface area contributed by atoms with E-state index in [4.69, 9.17) is 10.7 Å². The van der Waals surface area contributed by atoms with Crippen LogP contribution < -0.4 is 0 Å². The molecule has 0 aromatic carbocycles. The lowest BCUT2D eigenvalue weighted by atomic mass is 10.1. The highest BCUT2D eigenvalue weighted by atomic mass is 35.7. The van der Waals surface area contributed by atoms with Crippen LogP contribution in [0.15, 0.2) is 11.5 Å². The van der Waals surface area contributed by atoms with E-state index in [1.807, 2.05) is 0 Å². The molecule has 1 saturated heterocycles. The Labute approximate surface area is 83.8 Å². The average Bonchev–Trinajstić information content (AvgIpc) is 2.04. The number of hydrogen-bond donors (Lipinski definition) is 0. The highest BCUT2D eigenvalue weighted by Crippen LogP contribution is 2.15. The van der Waals surface area contributed by atoms with Crippen molar-refractivity contribution >= 4 is 19.7 Å². The fraction of sp³-hybridized carbons (Fsp3) is 0.750. The second-order valence-corrected chi connectivity index (χ2v) is 5.99. The lowest BCUT2D eigenvalue weighted by Crippen LogP contribution is -2.32. The molecule has 1 aliphatic heterocycles. The highest BCUT2D eigenvalue weighted by molar-refractivity contribution is 8.16. The van der Waals surface area contributed by atoms with Gasteiger partial charge >= 0.3 is 0 Å². The minimum Gasteiger partial charge on any atom is -0.298 e. The predicted octanol–water partition coefficient (Wildman–Crippen LogP) is 1.55. The standard InChI is InChI=1S/C8H14ClNO2S/c1-8(13(9,11)12)7-10-5-3-2-4-6-10/h1-7H2. The predicted molar refractivity (Wildman–Crippen MR) is 54.2 cm³/mol. The Morgan fingerprint density at radius 3 is 2.31 bits per heavy atom. The zero-order valence-electron chi connectivity index (χ0n) is 7.50. The number of nitrogens with zero attached hydrogens (tertiary/aromatic N) is 1. The molecule has 0 bridgehead atoms. The molecular weight excluding hydrogens is 210 g/mol. The van der Waals surface area contributed by atoms with E-state index in [1.54, 1.807) is 0 Å². The fourth-order valence-electron chi connectivity index (χ4n) is 1.44. The van der Waals surface area contributed by atoms with Crippen molar-refractivity contribution in [2.45, 2.75) is 19.3 Å². The molecule has 0 atom stereocenters. The van der Waals surface area contributed by atoms with Crippen LogP contribution in [0.1, 0.15) is 19.3 Å². The molecule has 0 unspecified atom stereocenters. The average molecular weight is 224 g/mol. The van der Waals surface area contributed by atoms with Gasteiger partial charge < -0.3 is 0 Å². The summed E-state index contributed by atoms with van der Waals surface area (Å²) in [4.78, 5) is 2.18. The van der Waals surface area contributed by atoms with Crippen molar-refractivity contribution < 1.29 is 8.42 Å². The number of halogens is 1. The third kappa shape index (κ3) is 3.67. The summed E-state index contributed by atoms with van der Waals surface area (Å²) in [7, 11) is 1.58. The lowest BCUT2D eigenvalue weighted by molar-refractivity contribution is 0.250. The van der Waals surface area contributed by atoms with Gasteiger partial charge in [0, 0.05) is 17.2 Å². The van der Waals surface area contributed by atoms with Crippen LogP contribution in [0.25, 0.3) is 0 Å². The second-order valence-electron chi connectivity index (χ2n) is 3.31. The Balaban J connectivity index is 2.44. The summed E-state index contributed by atoms with van der Waals surface area (Å²) in [6.45, 7) is 5.74. The Bertz CT molecular complexity index is 281. The Hall–Kier alpha value is -0.0600. The number of piperidine rings is 1. The van der Waals surface area contributed by atoms with Crippen molar-refractivity contribution in [2.24, 2.45) is 0 Å². The van der Waals surface area contributed by atoms with Crippen LogP contribution >= 0.6 is 10.7 Å². The molecule has 5 heteroatoms. The number of hydrogen-bond acceptors (Lipinski definition) is 3. The van der Waals surface area contributed by atoms with Gasteiger partial charge in [-0.2, -0.15) is 0 Å². The number of likely N-dealkylation sites (tertiary alicyclic amines) is 1. The molecule has 0 N–H and O–H groups in total. The van der Waals surface area contributed by atoms with Crippen LogP contribution in [0, 0.1) is 0 Å². The van der Waals surface area contributed by atoms with Gasteiger partial charge in [0.25, 0.3) is 9.05 Å². The highest BCUT2D eigenvalue weighted by Gasteiger charge is 2.17. The first-order chi connectivity index (χ1) is 6.00. The van der Waals surface area contributed by atoms with Crippen molar-refractivity contribution in [3.05, 3.63) is 11.5 Å². The quantitative estimate of drug-likeness (QED) is 0.682. The van der Waals surface area contributed by atoms with E-state index in [2.05, 4.69) is 11.5 Å². The van der Waals surface area contributed by atoms with E-state index in [0.717, 1.165) is 25.9 Å². The van der Waals surface area contributed by atoms with E-state index in [9.17, 15) is 8.42 Å². The fourth-order valence-corrected chi connectivity index (χ4v) is 1.93. The molecule has 0 spiro atoms. The zero-order chi connectivity index (χ0) is 9.90. The molecule has 0 aromatic rings. The van der Waals surface area contributed by atoms with Gasteiger partial charge in [-0.3, -0.25) is 4.90 Å². The summed E-state index contributed by atoms with van der Waals surface area (Å²) < 4.78 is 21.7. The van der Waals surface area contributed by atoms with Crippen LogP contribution in [0.2, 0.25) is 0 Å². The van der Waals surface area contributed by atoms with Crippen LogP contribution in [-0.2, 0) is 9.05 Å². The Morgan fingerprint density at radius 1 is 1.31 bits per heavy atom. The molecule has 1 fully saturated rings. The van der Waals surface area contributed by atoms with Gasteiger partial charge in [-0.15, -0.1) is 0 Å². The first kappa shape index (κ1) is 11.0. The molecule has 0 aliphatic carbocycles. The Kier molecular flexibility index (Phi) is 3.76. The molecule has 0 radical (unpaired) electrons. The minimum atomic E-state index is -3.57. The first-order valence-corrected chi connectivity index (χ1v) is 6.66. The summed E-state index contributed by atoms with van der Waals surface area (Å²) in [6, 6.07) is 0. The van der Waals surface area contributed by atoms with Crippen molar-refractivity contribution in [1.29, 1.82) is 0 Å². The van der Waals surface area contributed by atoms with Gasteiger partial charge in [-0.25, -0.2) is 8.42 Å². The molecule has 0 aromatic heterocycles. The van der Waals surface area contributed by atoms with Crippen molar-refractivity contribution in [3.8, 4) is 0 Å². The van der Waals surface area contributed by atoms with Gasteiger partial charge in [-0.05, 0) is 25.9 Å². The molecular formula is C8H14ClNO2S. The van der Waals surface area contributed by atoms with E-state index in [0.29, 0.717) is 6.54 Å². The first-order valence-electron chi connectivity index (χ1n) is 4.35. The van der Waals surface area contributed by atoms with Gasteiger partial charge in [-0.1, -0.05) is 13.0 Å². The topological polar surface area (TPSA) is 37.4 Å². The van der Waals surface area contributed by atoms with E-state index in [1.165, 1.54) is 6.42 Å². The summed E-state index contributed by atoms with van der Waals surface area (Å²) >= 11 is 0. The molecule has 1 heterocycles. The van der Waals surface area contributed by atoms with Gasteiger partial charge in [0.1, 0.15) is 0 Å². The van der Waals surface area contributed by atoms with E-state index < -0.39 is 9.05 Å². The number of rotatable bonds is 3. The SMILES string of the molecule is C=C(CN1CCCCC1)S(=O)(=O)Cl. The monoisotopic (exact) mass is 223 g/mol. The lowest BCUT2D eigenvalue weighted by Gasteiger charge is -2.26. The van der Waals surface area contributed by atoms with E-state index >= 15 is 0 Å². The van der Waals surface area contributed by atoms with Gasteiger partial charge in [0.2, 0.25) is 0 Å². The molecule has 13 heavy (non-hydrogen) atoms. The molecule has 1 aliphatic rings. The van der Waals surface area contributed by atoms with Crippen molar-refractivity contribution in [2.75, 3.05) is 19.6 Å². The smallest absolute Gasteiger partial charge is 0.258 e. The third-order valence-corrected chi connectivity index (χ3v) is 3.67. The summed E-state index contributed by atoms with van der Waals surface area (Å²) in [6.07, 6.45) is 3.50. The summed E-state index contributed by atoms with van der Waals surface area (Å²) in [5.41, 5.74) is 0. The molecule has 0 amide bonds. The normalized spacial score (nSPS) is 20.1. The molecule has 1 rings (SSSR count). The van der Waals surface area contributed by atoms with E-state index in [-0.39, 0.29) is 4.91 Å². The largest absolute Gasteiger partial charge is 0.298 e. The van der Waals surface area contributed by atoms with Crippen LogP contribution in [0.5, 0.6) is 0 Å². The maximum Gasteiger partial charge on any atom is 0.258 e. The second kappa shape index (κ2) is 4.44. The van der Waals surface area contributed by atoms with Crippen molar-refractivity contribution in [1.82, 2.24) is 4.90 Å².